The second-order valence-corrected chi connectivity index (χ2v) is 10.7. The van der Waals surface area contributed by atoms with Crippen LogP contribution in [0.5, 0.6) is 0 Å². The van der Waals surface area contributed by atoms with Crippen molar-refractivity contribution in [2.75, 3.05) is 51.6 Å². The maximum atomic E-state index is 15.6. The molecule has 1 fully saturated rings. The number of likely N-dealkylation sites (N-methyl/N-ethyl adjacent to an activating group) is 1. The number of aromatic nitrogens is 4. The lowest BCUT2D eigenvalue weighted by molar-refractivity contribution is 0.0639. The highest BCUT2D eigenvalue weighted by Gasteiger charge is 2.37. The maximum Gasteiger partial charge on any atom is 0.341 e. The van der Waals surface area contributed by atoms with Crippen LogP contribution < -0.4 is 15.6 Å². The van der Waals surface area contributed by atoms with E-state index in [4.69, 9.17) is 4.74 Å². The molecule has 5 heterocycles. The molecule has 2 atom stereocenters. The number of anilines is 2. The topological polar surface area (TPSA) is 129 Å². The van der Waals surface area contributed by atoms with Gasteiger partial charge in [-0.2, -0.15) is 0 Å². The first-order valence-electron chi connectivity index (χ1n) is 13.2. The Morgan fingerprint density at radius 1 is 1.19 bits per heavy atom. The van der Waals surface area contributed by atoms with Gasteiger partial charge in [-0.25, -0.2) is 23.5 Å². The fourth-order valence-corrected chi connectivity index (χ4v) is 6.01. The summed E-state index contributed by atoms with van der Waals surface area (Å²) in [5.74, 6) is -3.37. The molecular formula is C29H29F2N7O4. The first-order chi connectivity index (χ1) is 20.0. The summed E-state index contributed by atoms with van der Waals surface area (Å²) in [6.07, 6.45) is 4.21. The average molecular weight is 578 g/mol. The molecule has 218 valence electrons. The molecule has 0 spiro atoms. The Balaban J connectivity index is 1.70. The van der Waals surface area contributed by atoms with E-state index in [1.54, 1.807) is 39.7 Å². The summed E-state index contributed by atoms with van der Waals surface area (Å²) < 4.78 is 37.8. The van der Waals surface area contributed by atoms with Crippen molar-refractivity contribution in [1.29, 1.82) is 0 Å². The van der Waals surface area contributed by atoms with Crippen molar-refractivity contribution in [3.05, 3.63) is 58.1 Å². The number of carboxylic acid groups (broad SMARTS) is 1. The minimum atomic E-state index is -1.35. The van der Waals surface area contributed by atoms with Gasteiger partial charge in [-0.1, -0.05) is 0 Å². The number of nitrogens with one attached hydrogen (secondary N) is 2. The molecule has 3 N–H and O–H groups in total. The van der Waals surface area contributed by atoms with Crippen LogP contribution in [0.1, 0.15) is 10.4 Å². The fourth-order valence-electron chi connectivity index (χ4n) is 6.01. The third-order valence-corrected chi connectivity index (χ3v) is 8.11. The van der Waals surface area contributed by atoms with E-state index in [2.05, 4.69) is 25.2 Å². The van der Waals surface area contributed by atoms with E-state index in [1.165, 1.54) is 10.8 Å². The zero-order chi connectivity index (χ0) is 30.0. The maximum absolute atomic E-state index is 15.6. The van der Waals surface area contributed by atoms with Crippen LogP contribution in [0.3, 0.4) is 0 Å². The summed E-state index contributed by atoms with van der Waals surface area (Å²) in [6, 6.07) is 2.66. The van der Waals surface area contributed by atoms with Gasteiger partial charge in [-0.3, -0.25) is 4.79 Å². The van der Waals surface area contributed by atoms with Crippen LogP contribution in [0.2, 0.25) is 0 Å². The lowest BCUT2D eigenvalue weighted by Gasteiger charge is -2.25. The van der Waals surface area contributed by atoms with Crippen molar-refractivity contribution >= 4 is 50.3 Å². The molecule has 0 saturated carbocycles. The van der Waals surface area contributed by atoms with E-state index in [1.807, 2.05) is 19.0 Å². The van der Waals surface area contributed by atoms with Gasteiger partial charge in [0.25, 0.3) is 0 Å². The molecule has 0 bridgehead atoms. The zero-order valence-corrected chi connectivity index (χ0v) is 23.6. The number of nitrogens with zero attached hydrogens (tertiary/aromatic N) is 5. The van der Waals surface area contributed by atoms with Crippen LogP contribution in [-0.4, -0.2) is 89.0 Å². The highest BCUT2D eigenvalue weighted by molar-refractivity contribution is 6.18. The van der Waals surface area contributed by atoms with Gasteiger partial charge >= 0.3 is 5.97 Å². The molecule has 0 radical (unpaired) electrons. The molecule has 13 heteroatoms. The number of methoxy groups -OCH3 is 1. The first-order valence-corrected chi connectivity index (χ1v) is 13.2. The number of halogens is 2. The molecule has 1 aliphatic heterocycles. The standard InChI is InChI=1S/C29H29F2N7O4/c1-32-18-7-17(30)23(31)21-22-25(38-11-19(36(2)3)20(12-38)42-5)15(9-33-27(22)35-24(18)21)13-6-14-26(39)16(29(40)41)10-37(4)28(14)34-8-13/h6-10,19-20,32H,11-12H2,1-5H3,(H,33,35)(H,40,41)/t19-,20-/m0/s1. The third-order valence-electron chi connectivity index (χ3n) is 8.11. The minimum Gasteiger partial charge on any atom is -0.477 e. The summed E-state index contributed by atoms with van der Waals surface area (Å²) in [5, 5.41) is 13.0. The molecule has 0 unspecified atom stereocenters. The summed E-state index contributed by atoms with van der Waals surface area (Å²) in [5.41, 5.74) is 1.88. The number of fused-ring (bicyclic) bond motifs is 4. The predicted molar refractivity (Wildman–Crippen MR) is 156 cm³/mol. The molecule has 11 nitrogen and oxygen atoms in total. The van der Waals surface area contributed by atoms with E-state index in [9.17, 15) is 19.1 Å². The number of H-pyrrole nitrogens is 1. The molecule has 42 heavy (non-hydrogen) atoms. The number of ether oxygens (including phenoxy) is 1. The van der Waals surface area contributed by atoms with E-state index in [0.717, 1.165) is 6.07 Å². The van der Waals surface area contributed by atoms with Crippen molar-refractivity contribution in [1.82, 2.24) is 24.4 Å². The molecule has 5 aromatic rings. The van der Waals surface area contributed by atoms with Gasteiger partial charge in [-0.15, -0.1) is 0 Å². The molecular weight excluding hydrogens is 548 g/mol. The molecule has 0 amide bonds. The van der Waals surface area contributed by atoms with Gasteiger partial charge < -0.3 is 34.5 Å². The number of rotatable bonds is 6. The van der Waals surface area contributed by atoms with Crippen molar-refractivity contribution in [2.24, 2.45) is 7.05 Å². The summed E-state index contributed by atoms with van der Waals surface area (Å²) >= 11 is 0. The Hall–Kier alpha value is -4.62. The number of benzene rings is 1. The van der Waals surface area contributed by atoms with Gasteiger partial charge in [-0.05, 0) is 20.2 Å². The molecule has 1 aliphatic rings. The van der Waals surface area contributed by atoms with Gasteiger partial charge in [0.2, 0.25) is 5.43 Å². The molecule has 4 aromatic heterocycles. The Labute approximate surface area is 238 Å². The largest absolute Gasteiger partial charge is 0.477 e. The van der Waals surface area contributed by atoms with Gasteiger partial charge in [0.1, 0.15) is 16.9 Å². The Bertz CT molecular complexity index is 1970. The second-order valence-electron chi connectivity index (χ2n) is 10.7. The highest BCUT2D eigenvalue weighted by atomic mass is 19.2. The average Bonchev–Trinajstić information content (AvgIpc) is 3.58. The summed E-state index contributed by atoms with van der Waals surface area (Å²) in [4.78, 5) is 41.2. The van der Waals surface area contributed by atoms with Crippen LogP contribution >= 0.6 is 0 Å². The monoisotopic (exact) mass is 577 g/mol. The van der Waals surface area contributed by atoms with E-state index >= 15 is 4.39 Å². The Kier molecular flexibility index (Phi) is 6.58. The van der Waals surface area contributed by atoms with Gasteiger partial charge in [0.15, 0.2) is 11.6 Å². The zero-order valence-electron chi connectivity index (χ0n) is 23.6. The number of aryl methyl sites for hydroxylation is 1. The van der Waals surface area contributed by atoms with Crippen LogP contribution in [0.25, 0.3) is 44.1 Å². The van der Waals surface area contributed by atoms with Crippen LogP contribution in [-0.2, 0) is 11.8 Å². The van der Waals surface area contributed by atoms with Crippen LogP contribution in [0, 0.1) is 11.6 Å². The normalized spacial score (nSPS) is 17.3. The van der Waals surface area contributed by atoms with E-state index in [0.29, 0.717) is 57.8 Å². The lowest BCUT2D eigenvalue weighted by atomic mass is 10.0. The van der Waals surface area contributed by atoms with Crippen molar-refractivity contribution in [3.63, 3.8) is 0 Å². The lowest BCUT2D eigenvalue weighted by Crippen LogP contribution is -2.39. The number of hydrogen-bond donors (Lipinski definition) is 3. The van der Waals surface area contributed by atoms with Gasteiger partial charge in [0, 0.05) is 70.1 Å². The highest BCUT2D eigenvalue weighted by Crippen LogP contribution is 2.44. The first kappa shape index (κ1) is 27.5. The molecule has 0 aliphatic carbocycles. The van der Waals surface area contributed by atoms with Crippen LogP contribution in [0.15, 0.2) is 35.5 Å². The van der Waals surface area contributed by atoms with Gasteiger partial charge in [0.05, 0.1) is 45.2 Å². The Morgan fingerprint density at radius 3 is 2.60 bits per heavy atom. The van der Waals surface area contributed by atoms with Crippen molar-refractivity contribution in [3.8, 4) is 11.1 Å². The molecule has 1 aromatic carbocycles. The smallest absolute Gasteiger partial charge is 0.341 e. The van der Waals surface area contributed by atoms with Crippen molar-refractivity contribution in [2.45, 2.75) is 12.1 Å². The number of aromatic carboxylic acids is 1. The van der Waals surface area contributed by atoms with Crippen LogP contribution in [0.4, 0.5) is 20.2 Å². The Morgan fingerprint density at radius 2 is 1.95 bits per heavy atom. The number of carboxylic acids is 1. The van der Waals surface area contributed by atoms with Crippen molar-refractivity contribution < 1.29 is 23.4 Å². The molecule has 1 saturated heterocycles. The summed E-state index contributed by atoms with van der Waals surface area (Å²) in [7, 11) is 8.77. The second kappa shape index (κ2) is 10.0. The van der Waals surface area contributed by atoms with E-state index in [-0.39, 0.29) is 28.5 Å². The SMILES string of the molecule is CNc1cc(F)c(F)c2c1[nH]c1ncc(-c3cnc4c(c3)c(=O)c(C(=O)O)cn4C)c(N3C[C@H](OC)[C@@H](N(C)C)C3)c12. The fraction of sp³-hybridized carbons (Fsp3) is 0.310. The predicted octanol–water partition coefficient (Wildman–Crippen LogP) is 3.41. The summed E-state index contributed by atoms with van der Waals surface area (Å²) in [6.45, 7) is 0.950. The quantitative estimate of drug-likeness (QED) is 0.278. The van der Waals surface area contributed by atoms with E-state index < -0.39 is 23.0 Å². The molecule has 6 rings (SSSR count). The number of carbonyl (C=O) groups is 1. The third kappa shape index (κ3) is 4.07. The minimum absolute atomic E-state index is 0.00845. The number of aromatic amines is 1. The number of hydrogen-bond acceptors (Lipinski definition) is 8. The number of pyridine rings is 3.